The number of halogens is 2. The molecule has 0 spiro atoms. The first-order valence-electron chi connectivity index (χ1n) is 5.46. The molecule has 1 aromatic carbocycles. The molecule has 0 saturated heterocycles. The van der Waals surface area contributed by atoms with Crippen molar-refractivity contribution in [3.8, 4) is 0 Å². The van der Waals surface area contributed by atoms with Gasteiger partial charge in [-0.3, -0.25) is 4.79 Å². The van der Waals surface area contributed by atoms with Gasteiger partial charge in [0.25, 0.3) is 0 Å². The number of sulfonamides is 1. The molecule has 19 heavy (non-hydrogen) atoms. The van der Waals surface area contributed by atoms with E-state index in [1.807, 2.05) is 0 Å². The van der Waals surface area contributed by atoms with Gasteiger partial charge in [0.05, 0.1) is 14.9 Å². The molecular weight excluding hydrogens is 313 g/mol. The second-order valence-electron chi connectivity index (χ2n) is 3.81. The molecule has 1 rings (SSSR count). The maximum atomic E-state index is 12.3. The summed E-state index contributed by atoms with van der Waals surface area (Å²) in [5.74, 6) is -1.21. The van der Waals surface area contributed by atoms with Crippen molar-refractivity contribution in [2.45, 2.75) is 18.2 Å². The lowest BCUT2D eigenvalue weighted by atomic mass is 10.4. The Morgan fingerprint density at radius 1 is 1.32 bits per heavy atom. The smallest absolute Gasteiger partial charge is 0.318 e. The Kier molecular flexibility index (Phi) is 5.61. The van der Waals surface area contributed by atoms with Gasteiger partial charge in [0.15, 0.2) is 0 Å². The minimum Gasteiger partial charge on any atom is -0.480 e. The summed E-state index contributed by atoms with van der Waals surface area (Å²) in [6.07, 6.45) is 0.508. The van der Waals surface area contributed by atoms with E-state index in [1.165, 1.54) is 18.2 Å². The van der Waals surface area contributed by atoms with Gasteiger partial charge in [0, 0.05) is 6.54 Å². The number of carboxylic acids is 1. The van der Waals surface area contributed by atoms with Gasteiger partial charge in [-0.2, -0.15) is 4.31 Å². The average molecular weight is 326 g/mol. The third-order valence-electron chi connectivity index (χ3n) is 2.31. The highest BCUT2D eigenvalue weighted by atomic mass is 35.5. The van der Waals surface area contributed by atoms with Crippen molar-refractivity contribution in [1.82, 2.24) is 4.31 Å². The summed E-state index contributed by atoms with van der Waals surface area (Å²) in [7, 11) is -3.89. The minimum atomic E-state index is -3.89. The fourth-order valence-electron chi connectivity index (χ4n) is 1.47. The molecule has 5 nitrogen and oxygen atoms in total. The maximum absolute atomic E-state index is 12.3. The molecule has 0 heterocycles. The number of hydrogen-bond acceptors (Lipinski definition) is 3. The average Bonchev–Trinajstić information content (AvgIpc) is 2.31. The van der Waals surface area contributed by atoms with Crippen LogP contribution in [0.3, 0.4) is 0 Å². The van der Waals surface area contributed by atoms with Crippen molar-refractivity contribution >= 4 is 39.2 Å². The molecule has 0 aliphatic carbocycles. The van der Waals surface area contributed by atoms with Crippen LogP contribution in [-0.4, -0.2) is 36.9 Å². The molecule has 0 saturated carbocycles. The molecule has 0 aliphatic rings. The van der Waals surface area contributed by atoms with Crippen LogP contribution < -0.4 is 0 Å². The fraction of sp³-hybridized carbons (Fsp3) is 0.364. The zero-order chi connectivity index (χ0) is 14.6. The fourth-order valence-corrected chi connectivity index (χ4v) is 3.34. The van der Waals surface area contributed by atoms with E-state index in [4.69, 9.17) is 28.3 Å². The van der Waals surface area contributed by atoms with Crippen molar-refractivity contribution in [2.75, 3.05) is 13.1 Å². The Morgan fingerprint density at radius 3 is 2.42 bits per heavy atom. The van der Waals surface area contributed by atoms with Crippen LogP contribution in [-0.2, 0) is 14.8 Å². The molecule has 8 heteroatoms. The summed E-state index contributed by atoms with van der Waals surface area (Å²) in [5.41, 5.74) is 0. The van der Waals surface area contributed by atoms with Crippen LogP contribution in [0, 0.1) is 0 Å². The van der Waals surface area contributed by atoms with E-state index in [0.29, 0.717) is 6.42 Å². The lowest BCUT2D eigenvalue weighted by molar-refractivity contribution is -0.137. The molecule has 0 amide bonds. The number of nitrogens with zero attached hydrogens (tertiary/aromatic N) is 1. The monoisotopic (exact) mass is 325 g/mol. The van der Waals surface area contributed by atoms with Gasteiger partial charge in [-0.15, -0.1) is 0 Å². The molecule has 1 aromatic rings. The number of benzene rings is 1. The molecule has 0 bridgehead atoms. The van der Waals surface area contributed by atoms with Gasteiger partial charge in [-0.1, -0.05) is 30.1 Å². The van der Waals surface area contributed by atoms with Crippen molar-refractivity contribution < 1.29 is 18.3 Å². The van der Waals surface area contributed by atoms with E-state index in [2.05, 4.69) is 0 Å². The molecule has 0 aliphatic heterocycles. The largest absolute Gasteiger partial charge is 0.480 e. The van der Waals surface area contributed by atoms with Gasteiger partial charge >= 0.3 is 5.97 Å². The highest BCUT2D eigenvalue weighted by molar-refractivity contribution is 7.89. The highest BCUT2D eigenvalue weighted by Gasteiger charge is 2.26. The summed E-state index contributed by atoms with van der Waals surface area (Å²) in [5, 5.41) is 9.11. The maximum Gasteiger partial charge on any atom is 0.318 e. The number of rotatable bonds is 6. The Bertz CT molecular complexity index is 574. The van der Waals surface area contributed by atoms with Crippen LogP contribution in [0.1, 0.15) is 13.3 Å². The summed E-state index contributed by atoms with van der Waals surface area (Å²) < 4.78 is 25.5. The van der Waals surface area contributed by atoms with Gasteiger partial charge in [0.1, 0.15) is 6.54 Å². The van der Waals surface area contributed by atoms with Gasteiger partial charge < -0.3 is 5.11 Å². The predicted octanol–water partition coefficient (Wildman–Crippen LogP) is 2.48. The molecule has 0 atom stereocenters. The third-order valence-corrected chi connectivity index (χ3v) is 4.89. The van der Waals surface area contributed by atoms with Gasteiger partial charge in [-0.05, 0) is 24.6 Å². The van der Waals surface area contributed by atoms with Gasteiger partial charge in [0.2, 0.25) is 10.0 Å². The topological polar surface area (TPSA) is 74.7 Å². The lowest BCUT2D eigenvalue weighted by Gasteiger charge is -2.19. The van der Waals surface area contributed by atoms with Crippen molar-refractivity contribution in [1.29, 1.82) is 0 Å². The summed E-state index contributed by atoms with van der Waals surface area (Å²) in [6.45, 7) is 1.30. The Labute approximate surface area is 121 Å². The van der Waals surface area contributed by atoms with E-state index in [-0.39, 0.29) is 21.5 Å². The minimum absolute atomic E-state index is 0.0726. The molecule has 1 N–H and O–H groups in total. The number of carboxylic acid groups (broad SMARTS) is 1. The first-order valence-corrected chi connectivity index (χ1v) is 7.65. The quantitative estimate of drug-likeness (QED) is 0.871. The molecular formula is C11H13Cl2NO4S. The predicted molar refractivity (Wildman–Crippen MR) is 73.1 cm³/mol. The molecule has 0 radical (unpaired) electrons. The Morgan fingerprint density at radius 2 is 1.95 bits per heavy atom. The van der Waals surface area contributed by atoms with E-state index in [9.17, 15) is 13.2 Å². The first-order chi connectivity index (χ1) is 8.78. The second-order valence-corrected chi connectivity index (χ2v) is 6.56. The molecule has 0 fully saturated rings. The van der Waals surface area contributed by atoms with Crippen LogP contribution in [0.4, 0.5) is 0 Å². The van der Waals surface area contributed by atoms with E-state index in [1.54, 1.807) is 6.92 Å². The highest BCUT2D eigenvalue weighted by Crippen LogP contribution is 2.26. The Hall–Kier alpha value is -0.820. The van der Waals surface area contributed by atoms with E-state index in [0.717, 1.165) is 4.31 Å². The van der Waals surface area contributed by atoms with Crippen LogP contribution in [0.25, 0.3) is 0 Å². The third kappa shape index (κ3) is 4.07. The van der Waals surface area contributed by atoms with Crippen molar-refractivity contribution in [3.05, 3.63) is 28.2 Å². The summed E-state index contributed by atoms with van der Waals surface area (Å²) in [6, 6.07) is 3.87. The molecule has 106 valence electrons. The zero-order valence-corrected chi connectivity index (χ0v) is 12.5. The number of aliphatic carboxylic acids is 1. The van der Waals surface area contributed by atoms with E-state index < -0.39 is 22.5 Å². The first kappa shape index (κ1) is 16.2. The van der Waals surface area contributed by atoms with Crippen LogP contribution in [0.2, 0.25) is 10.0 Å². The summed E-state index contributed by atoms with van der Waals surface area (Å²) in [4.78, 5) is 10.7. The molecule has 0 unspecified atom stereocenters. The SMILES string of the molecule is CCCN(CC(=O)O)S(=O)(=O)c1ccc(Cl)c(Cl)c1. The van der Waals surface area contributed by atoms with Crippen LogP contribution in [0.5, 0.6) is 0 Å². The van der Waals surface area contributed by atoms with E-state index >= 15 is 0 Å². The van der Waals surface area contributed by atoms with Crippen molar-refractivity contribution in [2.24, 2.45) is 0 Å². The van der Waals surface area contributed by atoms with Gasteiger partial charge in [-0.25, -0.2) is 8.42 Å². The lowest BCUT2D eigenvalue weighted by Crippen LogP contribution is -2.36. The number of hydrogen-bond donors (Lipinski definition) is 1. The van der Waals surface area contributed by atoms with Crippen LogP contribution >= 0.6 is 23.2 Å². The van der Waals surface area contributed by atoms with Crippen molar-refractivity contribution in [3.63, 3.8) is 0 Å². The number of carbonyl (C=O) groups is 1. The molecule has 0 aromatic heterocycles. The van der Waals surface area contributed by atoms with Crippen LogP contribution in [0.15, 0.2) is 23.1 Å². The standard InChI is InChI=1S/C11H13Cl2NO4S/c1-2-5-14(7-11(15)16)19(17,18)8-3-4-9(12)10(13)6-8/h3-4,6H,2,5,7H2,1H3,(H,15,16). The normalized spacial score (nSPS) is 11.8. The second kappa shape index (κ2) is 6.56. The Balaban J connectivity index is 3.18. The zero-order valence-electron chi connectivity index (χ0n) is 10.1. The summed E-state index contributed by atoms with van der Waals surface area (Å²) >= 11 is 11.5.